The zero-order chi connectivity index (χ0) is 10.4. The molecule has 0 unspecified atom stereocenters. The molecular formula is C12H19NO. The van der Waals surface area contributed by atoms with Gasteiger partial charge in [0.2, 0.25) is 5.91 Å². The van der Waals surface area contributed by atoms with E-state index in [1.165, 1.54) is 31.8 Å². The van der Waals surface area contributed by atoms with Gasteiger partial charge in [-0.2, -0.15) is 0 Å². The largest absolute Gasteiger partial charge is 0.352 e. The minimum absolute atomic E-state index is 0.0691. The first-order chi connectivity index (χ1) is 6.72. The zero-order valence-corrected chi connectivity index (χ0v) is 8.72. The van der Waals surface area contributed by atoms with Crippen molar-refractivity contribution in [2.24, 2.45) is 5.41 Å². The van der Waals surface area contributed by atoms with Crippen molar-refractivity contribution >= 4 is 5.91 Å². The molecule has 0 spiro atoms. The van der Waals surface area contributed by atoms with Crippen molar-refractivity contribution in [2.75, 3.05) is 6.54 Å². The molecule has 1 saturated carbocycles. The number of allylic oxidation sites excluding steroid dienone is 1. The van der Waals surface area contributed by atoms with Crippen molar-refractivity contribution in [3.63, 3.8) is 0 Å². The Hall–Kier alpha value is -1.05. The van der Waals surface area contributed by atoms with Gasteiger partial charge in [0.05, 0.1) is 0 Å². The first-order valence-corrected chi connectivity index (χ1v) is 5.24. The lowest BCUT2D eigenvalue weighted by molar-refractivity contribution is -0.117. The standard InChI is InChI=1S/C12H19NO/c1-3-7-12(8-5-6-9-12)10-13-11(14)4-2/h3-4H,1-2,5-10H2,(H,13,14). The van der Waals surface area contributed by atoms with Gasteiger partial charge in [0.1, 0.15) is 0 Å². The van der Waals surface area contributed by atoms with Crippen LogP contribution in [0.3, 0.4) is 0 Å². The van der Waals surface area contributed by atoms with Crippen LogP contribution in [0.1, 0.15) is 32.1 Å². The van der Waals surface area contributed by atoms with E-state index in [-0.39, 0.29) is 11.3 Å². The summed E-state index contributed by atoms with van der Waals surface area (Å²) in [4.78, 5) is 11.1. The van der Waals surface area contributed by atoms with Crippen LogP contribution in [0.4, 0.5) is 0 Å². The fourth-order valence-electron chi connectivity index (χ4n) is 2.23. The molecule has 1 amide bonds. The summed E-state index contributed by atoms with van der Waals surface area (Å²) in [6, 6.07) is 0. The highest BCUT2D eigenvalue weighted by Crippen LogP contribution is 2.40. The molecule has 0 saturated heterocycles. The maximum atomic E-state index is 11.1. The Morgan fingerprint density at radius 3 is 2.50 bits per heavy atom. The molecule has 78 valence electrons. The maximum Gasteiger partial charge on any atom is 0.243 e. The second-order valence-electron chi connectivity index (χ2n) is 4.12. The van der Waals surface area contributed by atoms with Gasteiger partial charge >= 0.3 is 0 Å². The highest BCUT2D eigenvalue weighted by atomic mass is 16.1. The number of nitrogens with one attached hydrogen (secondary N) is 1. The molecule has 0 aliphatic heterocycles. The van der Waals surface area contributed by atoms with Gasteiger partial charge in [0, 0.05) is 6.54 Å². The topological polar surface area (TPSA) is 29.1 Å². The number of amides is 1. The number of hydrogen-bond donors (Lipinski definition) is 1. The third-order valence-corrected chi connectivity index (χ3v) is 3.06. The quantitative estimate of drug-likeness (QED) is 0.527. The molecule has 1 aliphatic rings. The Morgan fingerprint density at radius 1 is 1.36 bits per heavy atom. The molecule has 0 aromatic carbocycles. The zero-order valence-electron chi connectivity index (χ0n) is 8.72. The predicted octanol–water partition coefficient (Wildman–Crippen LogP) is 2.43. The van der Waals surface area contributed by atoms with E-state index in [1.54, 1.807) is 0 Å². The van der Waals surface area contributed by atoms with E-state index >= 15 is 0 Å². The molecule has 0 bridgehead atoms. The number of carbonyl (C=O) groups is 1. The molecule has 1 rings (SSSR count). The lowest BCUT2D eigenvalue weighted by Gasteiger charge is -2.27. The molecule has 2 nitrogen and oxygen atoms in total. The highest BCUT2D eigenvalue weighted by molar-refractivity contribution is 5.86. The summed E-state index contributed by atoms with van der Waals surface area (Å²) in [6.45, 7) is 7.99. The molecule has 2 heteroatoms. The summed E-state index contributed by atoms with van der Waals surface area (Å²) in [5, 5.41) is 2.90. The number of carbonyl (C=O) groups excluding carboxylic acids is 1. The van der Waals surface area contributed by atoms with E-state index < -0.39 is 0 Å². The third kappa shape index (κ3) is 2.72. The molecule has 0 heterocycles. The van der Waals surface area contributed by atoms with Crippen LogP contribution in [0.5, 0.6) is 0 Å². The van der Waals surface area contributed by atoms with Crippen LogP contribution in [0.15, 0.2) is 25.3 Å². The van der Waals surface area contributed by atoms with Crippen LogP contribution in [-0.4, -0.2) is 12.5 Å². The second-order valence-corrected chi connectivity index (χ2v) is 4.12. The number of hydrogen-bond acceptors (Lipinski definition) is 1. The monoisotopic (exact) mass is 193 g/mol. The third-order valence-electron chi connectivity index (χ3n) is 3.06. The summed E-state index contributed by atoms with van der Waals surface area (Å²) in [5.74, 6) is -0.0691. The Balaban J connectivity index is 2.46. The molecule has 1 fully saturated rings. The summed E-state index contributed by atoms with van der Waals surface area (Å²) >= 11 is 0. The molecule has 0 radical (unpaired) electrons. The summed E-state index contributed by atoms with van der Waals surface area (Å²) in [7, 11) is 0. The van der Waals surface area contributed by atoms with Gasteiger partial charge in [-0.1, -0.05) is 25.5 Å². The Labute approximate surface area is 86.1 Å². The minimum Gasteiger partial charge on any atom is -0.352 e. The molecule has 0 aromatic heterocycles. The fraction of sp³-hybridized carbons (Fsp3) is 0.583. The van der Waals surface area contributed by atoms with Crippen molar-refractivity contribution in [3.05, 3.63) is 25.3 Å². The molecular weight excluding hydrogens is 174 g/mol. The lowest BCUT2D eigenvalue weighted by atomic mass is 9.82. The van der Waals surface area contributed by atoms with E-state index in [0.29, 0.717) is 0 Å². The van der Waals surface area contributed by atoms with Gasteiger partial charge < -0.3 is 5.32 Å². The Kier molecular flexibility index (Phi) is 3.93. The van der Waals surface area contributed by atoms with Crippen molar-refractivity contribution in [1.29, 1.82) is 0 Å². The molecule has 14 heavy (non-hydrogen) atoms. The van der Waals surface area contributed by atoms with E-state index in [2.05, 4.69) is 18.5 Å². The molecule has 0 atom stereocenters. The average Bonchev–Trinajstić information content (AvgIpc) is 2.64. The van der Waals surface area contributed by atoms with Crippen LogP contribution < -0.4 is 5.32 Å². The van der Waals surface area contributed by atoms with Crippen molar-refractivity contribution in [2.45, 2.75) is 32.1 Å². The lowest BCUT2D eigenvalue weighted by Crippen LogP contribution is -2.34. The molecule has 1 N–H and O–H groups in total. The smallest absolute Gasteiger partial charge is 0.243 e. The first kappa shape index (κ1) is 11.0. The van der Waals surface area contributed by atoms with Crippen molar-refractivity contribution < 1.29 is 4.79 Å². The fourth-order valence-corrected chi connectivity index (χ4v) is 2.23. The summed E-state index contributed by atoms with van der Waals surface area (Å²) < 4.78 is 0. The van der Waals surface area contributed by atoms with E-state index in [9.17, 15) is 4.79 Å². The van der Waals surface area contributed by atoms with Crippen LogP contribution in [0.25, 0.3) is 0 Å². The SMILES string of the molecule is C=CCC1(CNC(=O)C=C)CCCC1. The summed E-state index contributed by atoms with van der Waals surface area (Å²) in [6.07, 6.45) is 9.26. The average molecular weight is 193 g/mol. The van der Waals surface area contributed by atoms with Crippen LogP contribution in [0, 0.1) is 5.41 Å². The van der Waals surface area contributed by atoms with Crippen LogP contribution in [0.2, 0.25) is 0 Å². The van der Waals surface area contributed by atoms with Crippen LogP contribution in [-0.2, 0) is 4.79 Å². The van der Waals surface area contributed by atoms with E-state index in [4.69, 9.17) is 0 Å². The molecule has 1 aliphatic carbocycles. The minimum atomic E-state index is -0.0691. The van der Waals surface area contributed by atoms with Gasteiger partial charge in [-0.05, 0) is 30.8 Å². The molecule has 0 aromatic rings. The van der Waals surface area contributed by atoms with E-state index in [1.807, 2.05) is 6.08 Å². The first-order valence-electron chi connectivity index (χ1n) is 5.24. The highest BCUT2D eigenvalue weighted by Gasteiger charge is 2.32. The second kappa shape index (κ2) is 4.99. The number of rotatable bonds is 5. The van der Waals surface area contributed by atoms with Crippen molar-refractivity contribution in [3.8, 4) is 0 Å². The van der Waals surface area contributed by atoms with Gasteiger partial charge in [0.25, 0.3) is 0 Å². The van der Waals surface area contributed by atoms with Gasteiger partial charge in [-0.25, -0.2) is 0 Å². The predicted molar refractivity (Wildman–Crippen MR) is 58.9 cm³/mol. The van der Waals surface area contributed by atoms with Gasteiger partial charge in [-0.3, -0.25) is 4.79 Å². The van der Waals surface area contributed by atoms with Crippen LogP contribution >= 0.6 is 0 Å². The maximum absolute atomic E-state index is 11.1. The van der Waals surface area contributed by atoms with Gasteiger partial charge in [-0.15, -0.1) is 6.58 Å². The van der Waals surface area contributed by atoms with Crippen molar-refractivity contribution in [1.82, 2.24) is 5.32 Å². The Bertz CT molecular complexity index is 226. The van der Waals surface area contributed by atoms with E-state index in [0.717, 1.165) is 13.0 Å². The normalized spacial score (nSPS) is 18.9. The summed E-state index contributed by atoms with van der Waals surface area (Å²) in [5.41, 5.74) is 0.278. The van der Waals surface area contributed by atoms with Gasteiger partial charge in [0.15, 0.2) is 0 Å². The Morgan fingerprint density at radius 2 is 2.00 bits per heavy atom.